The first-order valence-electron chi connectivity index (χ1n) is 8.64. The number of aromatic nitrogens is 1. The summed E-state index contributed by atoms with van der Waals surface area (Å²) in [5.74, 6) is -1.98. The Morgan fingerprint density at radius 2 is 1.64 bits per heavy atom. The minimum absolute atomic E-state index is 0.0217. The zero-order valence-electron chi connectivity index (χ0n) is 15.1. The van der Waals surface area contributed by atoms with Crippen molar-refractivity contribution in [1.82, 2.24) is 15.6 Å². The van der Waals surface area contributed by atoms with Gasteiger partial charge in [-0.2, -0.15) is 0 Å². The van der Waals surface area contributed by atoms with Crippen LogP contribution in [0.2, 0.25) is 0 Å². The molecule has 2 rings (SSSR count). The van der Waals surface area contributed by atoms with Gasteiger partial charge in [0.05, 0.1) is 18.7 Å². The van der Waals surface area contributed by atoms with Crippen LogP contribution in [0, 0.1) is 0 Å². The van der Waals surface area contributed by atoms with E-state index < -0.39 is 11.9 Å². The summed E-state index contributed by atoms with van der Waals surface area (Å²) in [4.78, 5) is 49.0. The fourth-order valence-corrected chi connectivity index (χ4v) is 2.16. The lowest BCUT2D eigenvalue weighted by Crippen LogP contribution is -2.28. The van der Waals surface area contributed by atoms with Crippen LogP contribution in [0.5, 0.6) is 0 Å². The number of esters is 2. The quantitative estimate of drug-likeness (QED) is 0.303. The normalized spacial score (nSPS) is 12.5. The molecular formula is C19H21N3O6. The maximum Gasteiger partial charge on any atom is 0.331 e. The summed E-state index contributed by atoms with van der Waals surface area (Å²) in [5, 5.41) is 5.18. The van der Waals surface area contributed by atoms with Crippen molar-refractivity contribution in [2.24, 2.45) is 0 Å². The van der Waals surface area contributed by atoms with Crippen LogP contribution in [-0.4, -0.2) is 55.0 Å². The van der Waals surface area contributed by atoms with Crippen molar-refractivity contribution < 1.29 is 28.7 Å². The molecule has 3 N–H and O–H groups in total. The van der Waals surface area contributed by atoms with Gasteiger partial charge in [-0.1, -0.05) is 18.2 Å². The summed E-state index contributed by atoms with van der Waals surface area (Å²) in [7, 11) is 0. The van der Waals surface area contributed by atoms with Crippen molar-refractivity contribution >= 4 is 23.8 Å². The molecule has 28 heavy (non-hydrogen) atoms. The number of amides is 2. The first kappa shape index (κ1) is 20.7. The lowest BCUT2D eigenvalue weighted by atomic mass is 10.3. The molecule has 1 heterocycles. The molecule has 1 aromatic rings. The van der Waals surface area contributed by atoms with E-state index in [1.807, 2.05) is 6.08 Å². The maximum atomic E-state index is 11.7. The molecule has 0 aromatic carbocycles. The summed E-state index contributed by atoms with van der Waals surface area (Å²) in [6.45, 7) is 0.241. The number of allylic oxidation sites excluding steroid dienone is 2. The molecule has 0 unspecified atom stereocenters. The fourth-order valence-electron chi connectivity index (χ4n) is 2.16. The van der Waals surface area contributed by atoms with Gasteiger partial charge < -0.3 is 25.1 Å². The number of hydrogen-bond donors (Lipinski definition) is 3. The van der Waals surface area contributed by atoms with Gasteiger partial charge in [-0.15, -0.1) is 0 Å². The number of carbonyl (C=O) groups excluding carboxylic acids is 4. The highest BCUT2D eigenvalue weighted by molar-refractivity contribution is 5.96. The van der Waals surface area contributed by atoms with Gasteiger partial charge >= 0.3 is 11.9 Å². The van der Waals surface area contributed by atoms with Crippen molar-refractivity contribution in [3.63, 3.8) is 0 Å². The van der Waals surface area contributed by atoms with E-state index in [1.54, 1.807) is 30.6 Å². The van der Waals surface area contributed by atoms with Crippen LogP contribution in [0.3, 0.4) is 0 Å². The summed E-state index contributed by atoms with van der Waals surface area (Å²) in [6.07, 6.45) is 11.2. The Bertz CT molecular complexity index is 793. The Labute approximate surface area is 161 Å². The molecule has 9 heteroatoms. The van der Waals surface area contributed by atoms with Gasteiger partial charge in [0.25, 0.3) is 11.8 Å². The minimum atomic E-state index is -0.735. The predicted molar refractivity (Wildman–Crippen MR) is 99.0 cm³/mol. The molecule has 0 radical (unpaired) electrons. The Morgan fingerprint density at radius 1 is 1.00 bits per heavy atom. The zero-order valence-corrected chi connectivity index (χ0v) is 15.1. The van der Waals surface area contributed by atoms with Crippen LogP contribution < -0.4 is 10.6 Å². The smallest absolute Gasteiger partial charge is 0.331 e. The average Bonchev–Trinajstić information content (AvgIpc) is 3.40. The fraction of sp³-hybridized carbons (Fsp3) is 0.263. The third-order valence-corrected chi connectivity index (χ3v) is 3.51. The van der Waals surface area contributed by atoms with E-state index in [1.165, 1.54) is 0 Å². The van der Waals surface area contributed by atoms with E-state index in [0.717, 1.165) is 18.6 Å². The second-order valence-electron chi connectivity index (χ2n) is 5.58. The molecule has 0 bridgehead atoms. The van der Waals surface area contributed by atoms with Gasteiger partial charge in [0, 0.05) is 30.1 Å². The Kier molecular flexibility index (Phi) is 8.25. The Hall–Kier alpha value is -3.62. The van der Waals surface area contributed by atoms with E-state index in [2.05, 4.69) is 15.6 Å². The van der Waals surface area contributed by atoms with Gasteiger partial charge in [-0.3, -0.25) is 9.59 Å². The molecular weight excluding hydrogens is 366 g/mol. The molecule has 1 aromatic heterocycles. The molecule has 0 fully saturated rings. The number of ether oxygens (including phenoxy) is 2. The number of carbonyl (C=O) groups is 4. The van der Waals surface area contributed by atoms with Crippen LogP contribution in [-0.2, 0) is 23.9 Å². The van der Waals surface area contributed by atoms with E-state index >= 15 is 0 Å². The maximum absolute atomic E-state index is 11.7. The lowest BCUT2D eigenvalue weighted by molar-refractivity contribution is -0.140. The highest BCUT2D eigenvalue weighted by Crippen LogP contribution is 2.07. The van der Waals surface area contributed by atoms with Gasteiger partial charge in [-0.05, 0) is 12.5 Å². The standard InChI is InChI=1S/C19H21N3O6/c23-16(27-11-9-21-18(25)14-3-1-2-4-14)5-6-17(24)28-12-10-22-19(26)15-7-8-20-13-15/h1,3-8,13,20H,2,9-12H2,(H,21,25)(H,22,26)/b6-5+. The second kappa shape index (κ2) is 11.2. The van der Waals surface area contributed by atoms with Crippen molar-refractivity contribution in [2.45, 2.75) is 6.42 Å². The summed E-state index contributed by atoms with van der Waals surface area (Å²) in [5.41, 5.74) is 1.06. The first-order chi connectivity index (χ1) is 13.6. The number of nitrogens with one attached hydrogen (secondary N) is 3. The van der Waals surface area contributed by atoms with Crippen molar-refractivity contribution in [3.05, 3.63) is 60.0 Å². The van der Waals surface area contributed by atoms with Crippen LogP contribution in [0.25, 0.3) is 0 Å². The highest BCUT2D eigenvalue weighted by atomic mass is 16.5. The Balaban J connectivity index is 1.52. The average molecular weight is 387 g/mol. The third kappa shape index (κ3) is 7.32. The minimum Gasteiger partial charge on any atom is -0.461 e. The number of rotatable bonds is 10. The van der Waals surface area contributed by atoms with E-state index in [9.17, 15) is 19.2 Å². The number of aromatic amines is 1. The topological polar surface area (TPSA) is 127 Å². The van der Waals surface area contributed by atoms with Gasteiger partial charge in [0.15, 0.2) is 0 Å². The molecule has 0 aliphatic heterocycles. The second-order valence-corrected chi connectivity index (χ2v) is 5.58. The molecule has 0 spiro atoms. The third-order valence-electron chi connectivity index (χ3n) is 3.51. The lowest BCUT2D eigenvalue weighted by Gasteiger charge is -2.05. The number of hydrogen-bond acceptors (Lipinski definition) is 6. The van der Waals surface area contributed by atoms with Crippen LogP contribution in [0.1, 0.15) is 16.8 Å². The van der Waals surface area contributed by atoms with Crippen LogP contribution >= 0.6 is 0 Å². The SMILES string of the molecule is O=C(/C=C/C(=O)OCCNC(=O)c1cc[nH]c1)OCCNC(=O)C1=CCC=C1. The van der Waals surface area contributed by atoms with Crippen LogP contribution in [0.15, 0.2) is 54.4 Å². The summed E-state index contributed by atoms with van der Waals surface area (Å²) >= 11 is 0. The molecule has 148 valence electrons. The largest absolute Gasteiger partial charge is 0.461 e. The van der Waals surface area contributed by atoms with Crippen molar-refractivity contribution in [3.8, 4) is 0 Å². The van der Waals surface area contributed by atoms with E-state index in [-0.39, 0.29) is 38.1 Å². The zero-order chi connectivity index (χ0) is 20.2. The van der Waals surface area contributed by atoms with E-state index in [0.29, 0.717) is 11.1 Å². The molecule has 1 aliphatic rings. The summed E-state index contributed by atoms with van der Waals surface area (Å²) < 4.78 is 9.71. The molecule has 2 amide bonds. The van der Waals surface area contributed by atoms with E-state index in [4.69, 9.17) is 9.47 Å². The molecule has 0 saturated carbocycles. The molecule has 9 nitrogen and oxygen atoms in total. The highest BCUT2D eigenvalue weighted by Gasteiger charge is 2.08. The van der Waals surface area contributed by atoms with Gasteiger partial charge in [0.2, 0.25) is 0 Å². The van der Waals surface area contributed by atoms with Gasteiger partial charge in [-0.25, -0.2) is 9.59 Å². The molecule has 0 saturated heterocycles. The van der Waals surface area contributed by atoms with Crippen molar-refractivity contribution in [2.75, 3.05) is 26.3 Å². The molecule has 0 atom stereocenters. The monoisotopic (exact) mass is 387 g/mol. The molecule has 1 aliphatic carbocycles. The predicted octanol–water partition coefficient (Wildman–Crippen LogP) is 0.390. The number of H-pyrrole nitrogens is 1. The van der Waals surface area contributed by atoms with Gasteiger partial charge in [0.1, 0.15) is 13.2 Å². The summed E-state index contributed by atoms with van der Waals surface area (Å²) in [6, 6.07) is 1.62. The Morgan fingerprint density at radius 3 is 2.18 bits per heavy atom. The first-order valence-corrected chi connectivity index (χ1v) is 8.64. The van der Waals surface area contributed by atoms with Crippen LogP contribution in [0.4, 0.5) is 0 Å². The van der Waals surface area contributed by atoms with Crippen molar-refractivity contribution in [1.29, 1.82) is 0 Å².